The lowest BCUT2D eigenvalue weighted by atomic mass is 10.1. The van der Waals surface area contributed by atoms with Gasteiger partial charge in [0.15, 0.2) is 11.5 Å². The molecule has 1 saturated heterocycles. The maximum atomic E-state index is 12.3. The van der Waals surface area contributed by atoms with E-state index in [0.717, 1.165) is 10.5 Å². The number of carboxylic acid groups (broad SMARTS) is 1. The van der Waals surface area contributed by atoms with Crippen LogP contribution in [0.3, 0.4) is 0 Å². The molecule has 1 aromatic rings. The summed E-state index contributed by atoms with van der Waals surface area (Å²) < 4.78 is 11.1. The van der Waals surface area contributed by atoms with Gasteiger partial charge in [0.1, 0.15) is 10.9 Å². The van der Waals surface area contributed by atoms with Crippen LogP contribution < -0.4 is 9.47 Å². The zero-order valence-corrected chi connectivity index (χ0v) is 14.4. The first-order chi connectivity index (χ1) is 11.0. The highest BCUT2D eigenvalue weighted by atomic mass is 32.2. The van der Waals surface area contributed by atoms with Crippen molar-refractivity contribution >= 4 is 40.2 Å². The van der Waals surface area contributed by atoms with Crippen LogP contribution in [-0.2, 0) is 16.0 Å². The van der Waals surface area contributed by atoms with E-state index in [1.54, 1.807) is 13.2 Å². The Bertz CT molecular complexity index is 634. The molecule has 1 amide bonds. The van der Waals surface area contributed by atoms with Crippen LogP contribution in [0.15, 0.2) is 18.2 Å². The summed E-state index contributed by atoms with van der Waals surface area (Å²) in [6, 6.07) is 5.48. The number of aliphatic carboxylic acids is 1. The fourth-order valence-electron chi connectivity index (χ4n) is 2.24. The van der Waals surface area contributed by atoms with Crippen LogP contribution >= 0.6 is 24.0 Å². The highest BCUT2D eigenvalue weighted by Gasteiger charge is 2.37. The summed E-state index contributed by atoms with van der Waals surface area (Å²) in [6.45, 7) is 1.99. The zero-order valence-electron chi connectivity index (χ0n) is 12.8. The summed E-state index contributed by atoms with van der Waals surface area (Å²) in [5, 5.41) is 8.43. The van der Waals surface area contributed by atoms with Crippen molar-refractivity contribution < 1.29 is 24.2 Å². The standard InChI is InChI=1S/C15H17NO5S2/c1-3-21-11-6-9(4-5-10(11)20-2)7-12-14(19)16(8-13(17)18)15(22)23-12/h4-6,12H,3,7-8H2,1-2H3,(H,17,18). The molecule has 1 N–H and O–H groups in total. The normalized spacial score (nSPS) is 17.5. The van der Waals surface area contributed by atoms with Gasteiger partial charge in [-0.25, -0.2) is 0 Å². The molecule has 1 atom stereocenters. The third-order valence-electron chi connectivity index (χ3n) is 3.25. The first-order valence-corrected chi connectivity index (χ1v) is 8.28. The van der Waals surface area contributed by atoms with Crippen LogP contribution in [-0.4, -0.2) is 51.7 Å². The molecule has 0 radical (unpaired) electrons. The first kappa shape index (κ1) is 17.6. The minimum atomic E-state index is -1.08. The average Bonchev–Trinajstić information content (AvgIpc) is 2.75. The van der Waals surface area contributed by atoms with Crippen molar-refractivity contribution in [3.8, 4) is 11.5 Å². The SMILES string of the molecule is CCOc1cc(CC2SC(=S)N(CC(=O)O)C2=O)ccc1OC. The number of ether oxygens (including phenoxy) is 2. The molecule has 1 aromatic carbocycles. The van der Waals surface area contributed by atoms with E-state index >= 15 is 0 Å². The van der Waals surface area contributed by atoms with Crippen LogP contribution in [0.1, 0.15) is 12.5 Å². The Kier molecular flexibility index (Phi) is 5.84. The van der Waals surface area contributed by atoms with E-state index < -0.39 is 17.8 Å². The van der Waals surface area contributed by atoms with Gasteiger partial charge in [0, 0.05) is 0 Å². The maximum absolute atomic E-state index is 12.3. The minimum absolute atomic E-state index is 0.267. The summed E-state index contributed by atoms with van der Waals surface area (Å²) >= 11 is 6.32. The van der Waals surface area contributed by atoms with Crippen molar-refractivity contribution in [2.75, 3.05) is 20.3 Å². The van der Waals surface area contributed by atoms with Crippen LogP contribution in [0, 0.1) is 0 Å². The van der Waals surface area contributed by atoms with Crippen molar-refractivity contribution in [1.82, 2.24) is 4.90 Å². The van der Waals surface area contributed by atoms with Gasteiger partial charge in [-0.05, 0) is 31.0 Å². The van der Waals surface area contributed by atoms with Gasteiger partial charge in [-0.3, -0.25) is 14.5 Å². The number of amides is 1. The number of hydrogen-bond donors (Lipinski definition) is 1. The highest BCUT2D eigenvalue weighted by molar-refractivity contribution is 8.24. The fraction of sp³-hybridized carbons (Fsp3) is 0.400. The predicted molar refractivity (Wildman–Crippen MR) is 91.2 cm³/mol. The van der Waals surface area contributed by atoms with Crippen LogP contribution in [0.4, 0.5) is 0 Å². The van der Waals surface area contributed by atoms with E-state index in [1.165, 1.54) is 11.8 Å². The summed E-state index contributed by atoms with van der Waals surface area (Å²) in [6.07, 6.45) is 0.448. The number of benzene rings is 1. The third-order valence-corrected chi connectivity index (χ3v) is 4.83. The molecule has 0 saturated carbocycles. The molecule has 0 bridgehead atoms. The summed E-state index contributed by atoms with van der Waals surface area (Å²) in [4.78, 5) is 24.2. The average molecular weight is 355 g/mol. The first-order valence-electron chi connectivity index (χ1n) is 6.99. The lowest BCUT2D eigenvalue weighted by molar-refractivity contribution is -0.141. The van der Waals surface area contributed by atoms with Crippen molar-refractivity contribution in [2.45, 2.75) is 18.6 Å². The largest absolute Gasteiger partial charge is 0.493 e. The second-order valence-corrected chi connectivity index (χ2v) is 6.65. The Labute approximate surface area is 143 Å². The van der Waals surface area contributed by atoms with Gasteiger partial charge >= 0.3 is 5.97 Å². The smallest absolute Gasteiger partial charge is 0.323 e. The number of thiocarbonyl (C=S) groups is 1. The van der Waals surface area contributed by atoms with E-state index in [4.69, 9.17) is 26.8 Å². The zero-order chi connectivity index (χ0) is 17.0. The number of thioether (sulfide) groups is 1. The molecule has 1 heterocycles. The molecule has 6 nitrogen and oxygen atoms in total. The Morgan fingerprint density at radius 1 is 1.43 bits per heavy atom. The van der Waals surface area contributed by atoms with Crippen LogP contribution in [0.2, 0.25) is 0 Å². The fourth-order valence-corrected chi connectivity index (χ4v) is 3.77. The van der Waals surface area contributed by atoms with Crippen molar-refractivity contribution in [3.63, 3.8) is 0 Å². The van der Waals surface area contributed by atoms with Crippen LogP contribution in [0.5, 0.6) is 11.5 Å². The second-order valence-electron chi connectivity index (χ2n) is 4.81. The Morgan fingerprint density at radius 2 is 2.17 bits per heavy atom. The molecule has 1 aliphatic heterocycles. The molecule has 1 fully saturated rings. The minimum Gasteiger partial charge on any atom is -0.493 e. The Hall–Kier alpha value is -1.80. The van der Waals surface area contributed by atoms with Gasteiger partial charge in [0.2, 0.25) is 5.91 Å². The Morgan fingerprint density at radius 3 is 2.78 bits per heavy atom. The number of methoxy groups -OCH3 is 1. The van der Waals surface area contributed by atoms with Gasteiger partial charge in [-0.1, -0.05) is 30.0 Å². The molecule has 0 aromatic heterocycles. The molecule has 0 spiro atoms. The molecular formula is C15H17NO5S2. The molecule has 1 unspecified atom stereocenters. The lowest BCUT2D eigenvalue weighted by Gasteiger charge is -2.14. The van der Waals surface area contributed by atoms with E-state index in [0.29, 0.717) is 28.8 Å². The molecule has 124 valence electrons. The van der Waals surface area contributed by atoms with E-state index in [2.05, 4.69) is 0 Å². The van der Waals surface area contributed by atoms with Gasteiger partial charge in [-0.15, -0.1) is 0 Å². The number of hydrogen-bond acceptors (Lipinski definition) is 6. The van der Waals surface area contributed by atoms with E-state index in [-0.39, 0.29) is 5.91 Å². The van der Waals surface area contributed by atoms with E-state index in [1.807, 2.05) is 19.1 Å². The summed E-state index contributed by atoms with van der Waals surface area (Å²) in [5.74, 6) is -0.0989. The number of carbonyl (C=O) groups excluding carboxylic acids is 1. The number of carboxylic acids is 1. The number of nitrogens with zero attached hydrogens (tertiary/aromatic N) is 1. The number of carbonyl (C=O) groups is 2. The second kappa shape index (κ2) is 7.65. The predicted octanol–water partition coefficient (Wildman–Crippen LogP) is 1.95. The molecule has 0 aliphatic carbocycles. The molecule has 1 aliphatic rings. The molecule has 23 heavy (non-hydrogen) atoms. The summed E-state index contributed by atoms with van der Waals surface area (Å²) in [7, 11) is 1.57. The van der Waals surface area contributed by atoms with Crippen molar-refractivity contribution in [1.29, 1.82) is 0 Å². The molecule has 2 rings (SSSR count). The van der Waals surface area contributed by atoms with Gasteiger partial charge in [-0.2, -0.15) is 0 Å². The monoisotopic (exact) mass is 355 g/mol. The topological polar surface area (TPSA) is 76.1 Å². The van der Waals surface area contributed by atoms with Gasteiger partial charge < -0.3 is 14.6 Å². The van der Waals surface area contributed by atoms with Crippen molar-refractivity contribution in [2.24, 2.45) is 0 Å². The van der Waals surface area contributed by atoms with Gasteiger partial charge in [0.25, 0.3) is 0 Å². The quantitative estimate of drug-likeness (QED) is 0.749. The van der Waals surface area contributed by atoms with Crippen molar-refractivity contribution in [3.05, 3.63) is 23.8 Å². The third kappa shape index (κ3) is 4.14. The molecular weight excluding hydrogens is 338 g/mol. The summed E-state index contributed by atoms with van der Waals surface area (Å²) in [5.41, 5.74) is 0.903. The Balaban J connectivity index is 2.13. The molecule has 8 heteroatoms. The van der Waals surface area contributed by atoms with Gasteiger partial charge in [0.05, 0.1) is 19.0 Å². The maximum Gasteiger partial charge on any atom is 0.323 e. The number of rotatable bonds is 7. The lowest BCUT2D eigenvalue weighted by Crippen LogP contribution is -2.36. The highest BCUT2D eigenvalue weighted by Crippen LogP contribution is 2.33. The van der Waals surface area contributed by atoms with E-state index in [9.17, 15) is 9.59 Å². The van der Waals surface area contributed by atoms with Crippen LogP contribution in [0.25, 0.3) is 0 Å².